The van der Waals surface area contributed by atoms with Gasteiger partial charge in [0, 0.05) is 29.4 Å². The Morgan fingerprint density at radius 1 is 0.758 bits per heavy atom. The fourth-order valence-electron chi connectivity index (χ4n) is 6.29. The third kappa shape index (κ3) is 11.3. The zero-order valence-corrected chi connectivity index (χ0v) is 38.5. The van der Waals surface area contributed by atoms with E-state index < -0.39 is 102 Å². The van der Waals surface area contributed by atoms with E-state index in [1.54, 1.807) is 6.92 Å². The van der Waals surface area contributed by atoms with E-state index in [-0.39, 0.29) is 68.3 Å². The first-order valence-corrected chi connectivity index (χ1v) is 24.6. The molecule has 0 aliphatic rings. The molecule has 6 aromatic rings. The van der Waals surface area contributed by atoms with Crippen LogP contribution < -0.4 is 16.0 Å². The number of nitrogens with one attached hydrogen (secondary N) is 3. The van der Waals surface area contributed by atoms with Gasteiger partial charge >= 0.3 is 0 Å². The van der Waals surface area contributed by atoms with Crippen molar-refractivity contribution in [3.05, 3.63) is 71.0 Å². The van der Waals surface area contributed by atoms with Crippen LogP contribution in [0.2, 0.25) is 5.28 Å². The van der Waals surface area contributed by atoms with Gasteiger partial charge in [0.2, 0.25) is 23.1 Å². The molecule has 6 rings (SSSR count). The van der Waals surface area contributed by atoms with Crippen molar-refractivity contribution in [1.82, 2.24) is 15.0 Å². The van der Waals surface area contributed by atoms with E-state index in [1.807, 2.05) is 0 Å². The Morgan fingerprint density at radius 2 is 1.36 bits per heavy atom. The van der Waals surface area contributed by atoms with Crippen LogP contribution in [0.5, 0.6) is 11.5 Å². The van der Waals surface area contributed by atoms with Crippen LogP contribution in [0.3, 0.4) is 0 Å². The second-order valence-corrected chi connectivity index (χ2v) is 19.6. The Balaban J connectivity index is 1.43. The largest absolute Gasteiger partial charge is 0.505 e. The van der Waals surface area contributed by atoms with E-state index in [4.69, 9.17) is 27.4 Å². The van der Waals surface area contributed by atoms with Crippen LogP contribution in [0.15, 0.2) is 89.7 Å². The number of amides is 1. The fourth-order valence-corrected chi connectivity index (χ4v) is 9.07. The van der Waals surface area contributed by atoms with Gasteiger partial charge in [-0.25, -0.2) is 4.21 Å². The van der Waals surface area contributed by atoms with E-state index in [1.165, 1.54) is 32.2 Å². The highest BCUT2D eigenvalue weighted by atomic mass is 35.5. The van der Waals surface area contributed by atoms with Crippen molar-refractivity contribution in [2.45, 2.75) is 28.5 Å². The number of phenols is 2. The first kappa shape index (κ1) is 49.4. The summed E-state index contributed by atoms with van der Waals surface area (Å²) in [6.07, 6.45) is 0. The minimum absolute atomic E-state index is 0.0122. The molecule has 30 heteroatoms. The molecule has 0 saturated heterocycles. The predicted molar refractivity (Wildman–Crippen MR) is 241 cm³/mol. The molecule has 5 aromatic carbocycles. The van der Waals surface area contributed by atoms with Gasteiger partial charge in [-0.05, 0) is 95.9 Å². The summed E-state index contributed by atoms with van der Waals surface area (Å²) in [7, 11) is -13.6. The third-order valence-electron chi connectivity index (χ3n) is 8.84. The number of hydrogen-bond donors (Lipinski definition) is 8. The second kappa shape index (κ2) is 19.4. The number of halogens is 2. The van der Waals surface area contributed by atoms with Crippen molar-refractivity contribution >= 4 is 138 Å². The number of carbonyl (C=O) groups excluding carboxylic acids is 1. The van der Waals surface area contributed by atoms with Crippen molar-refractivity contribution < 1.29 is 62.3 Å². The molecule has 1 aromatic heterocycles. The lowest BCUT2D eigenvalue weighted by Gasteiger charge is -2.16. The minimum Gasteiger partial charge on any atom is -0.505 e. The Kier molecular flexibility index (Phi) is 14.5. The molecule has 0 aliphatic heterocycles. The quantitative estimate of drug-likeness (QED) is 0.0273. The standard InChI is InChI=1S/C36H32Cl2N10O14S4/c1-16-8-18-12-26(66(59,60)61)31(47-39-3)33(51)28(18)23(9-16)41-35-43-34(38)44-36(45-35)42-24-14-21(64(53,54)55)11-19-10-17(2)30(32(50)29(19)24)48-46-22-13-20(4-5-25(22)65(56,57)58)40-27(49)15-63(52)62-7-6-37/h4-5,8-14,50-51H,6-7,15H2,1-3H3,(H,40,49)(H,53,54,55)(H,56,57,58)(H,59,60,61)(H2,41,42,43,44,45). The zero-order chi connectivity index (χ0) is 48.5. The van der Waals surface area contributed by atoms with Gasteiger partial charge in [-0.3, -0.25) is 22.6 Å². The van der Waals surface area contributed by atoms with Crippen molar-refractivity contribution in [1.29, 1.82) is 0 Å². The molecule has 0 fully saturated rings. The number of aromatic nitrogens is 3. The SMILES string of the molecule is CN=Nc1c(S(=O)(=O)O)cc2cc(C)cc(Nc3nc(Cl)nc(Nc4cc(S(=O)(=O)O)cc5cc(C)c(N=Nc6cc(NC(=O)CS(=O)OCCCl)ccc6S(=O)(=O)O)c(O)c45)n3)c2c1O. The predicted octanol–water partition coefficient (Wildman–Crippen LogP) is 7.07. The topological polar surface area (TPSA) is 371 Å². The average molecular weight is 1030 g/mol. The number of carbonyl (C=O) groups is 1. The summed E-state index contributed by atoms with van der Waals surface area (Å²) in [5.41, 5.74) is -1.08. The van der Waals surface area contributed by atoms with E-state index in [0.29, 0.717) is 5.56 Å². The molecular formula is C36H32Cl2N10O14S4. The van der Waals surface area contributed by atoms with Crippen LogP contribution in [0.25, 0.3) is 21.5 Å². The summed E-state index contributed by atoms with van der Waals surface area (Å²) < 4.78 is 121. The highest BCUT2D eigenvalue weighted by molar-refractivity contribution is 7.86. The lowest BCUT2D eigenvalue weighted by atomic mass is 10.0. The molecule has 1 heterocycles. The number of phenolic OH excluding ortho intramolecular Hbond substituents is 2. The number of nitrogens with zero attached hydrogens (tertiary/aromatic N) is 7. The number of rotatable bonds is 16. The van der Waals surface area contributed by atoms with E-state index >= 15 is 0 Å². The molecule has 66 heavy (non-hydrogen) atoms. The summed E-state index contributed by atoms with van der Waals surface area (Å²) in [5.74, 6) is -3.53. The summed E-state index contributed by atoms with van der Waals surface area (Å²) in [6, 6.07) is 10.3. The molecule has 0 saturated carbocycles. The normalized spacial score (nSPS) is 12.9. The molecule has 0 radical (unpaired) electrons. The van der Waals surface area contributed by atoms with Crippen LogP contribution in [-0.2, 0) is 50.4 Å². The monoisotopic (exact) mass is 1030 g/mol. The molecular weight excluding hydrogens is 996 g/mol. The lowest BCUT2D eigenvalue weighted by Crippen LogP contribution is -2.21. The summed E-state index contributed by atoms with van der Waals surface area (Å²) in [6.45, 7) is 2.96. The van der Waals surface area contributed by atoms with Gasteiger partial charge in [0.1, 0.15) is 32.6 Å². The smallest absolute Gasteiger partial charge is 0.296 e. The number of hydrogen-bond acceptors (Lipinski definition) is 20. The number of anilines is 5. The van der Waals surface area contributed by atoms with E-state index in [9.17, 15) is 58.1 Å². The Labute approximate surface area is 386 Å². The number of aromatic hydroxyl groups is 2. The lowest BCUT2D eigenvalue weighted by molar-refractivity contribution is -0.113. The summed E-state index contributed by atoms with van der Waals surface area (Å²) in [4.78, 5) is 22.7. The highest BCUT2D eigenvalue weighted by Gasteiger charge is 2.25. The number of aryl methyl sites for hydroxylation is 2. The summed E-state index contributed by atoms with van der Waals surface area (Å²) in [5, 5.41) is 45.6. The van der Waals surface area contributed by atoms with Crippen molar-refractivity contribution in [3.63, 3.8) is 0 Å². The number of azo groups is 2. The maximum atomic E-state index is 12.5. The van der Waals surface area contributed by atoms with E-state index in [0.717, 1.165) is 36.4 Å². The third-order valence-corrected chi connectivity index (χ3v) is 12.7. The maximum Gasteiger partial charge on any atom is 0.296 e. The minimum atomic E-state index is -4.97. The molecule has 0 spiro atoms. The van der Waals surface area contributed by atoms with Gasteiger partial charge in [0.15, 0.2) is 22.6 Å². The fraction of sp³-hybridized carbons (Fsp3) is 0.167. The van der Waals surface area contributed by atoms with E-state index in [2.05, 4.69) is 51.4 Å². The van der Waals surface area contributed by atoms with Crippen LogP contribution in [0, 0.1) is 13.8 Å². The Morgan fingerprint density at radius 3 is 1.95 bits per heavy atom. The second-order valence-electron chi connectivity index (χ2n) is 13.6. The maximum absolute atomic E-state index is 12.5. The van der Waals surface area contributed by atoms with Crippen LogP contribution in [0.1, 0.15) is 11.1 Å². The molecule has 1 unspecified atom stereocenters. The van der Waals surface area contributed by atoms with Gasteiger partial charge in [-0.2, -0.15) is 50.4 Å². The van der Waals surface area contributed by atoms with Gasteiger partial charge in [-0.15, -0.1) is 21.8 Å². The van der Waals surface area contributed by atoms with Crippen LogP contribution in [0.4, 0.5) is 46.0 Å². The molecule has 0 aliphatic carbocycles. The molecule has 348 valence electrons. The van der Waals surface area contributed by atoms with Gasteiger partial charge in [0.25, 0.3) is 30.4 Å². The number of fused-ring (bicyclic) bond motifs is 2. The number of benzene rings is 5. The van der Waals surface area contributed by atoms with Crippen molar-refractivity contribution in [2.75, 3.05) is 41.2 Å². The molecule has 1 atom stereocenters. The molecule has 24 nitrogen and oxygen atoms in total. The Bertz CT molecular complexity index is 3420. The van der Waals surface area contributed by atoms with Crippen molar-refractivity contribution in [3.8, 4) is 11.5 Å². The first-order chi connectivity index (χ1) is 30.9. The van der Waals surface area contributed by atoms with Crippen LogP contribution >= 0.6 is 23.2 Å². The van der Waals surface area contributed by atoms with Crippen LogP contribution in [-0.4, -0.2) is 99.5 Å². The molecule has 0 bridgehead atoms. The van der Waals surface area contributed by atoms with Gasteiger partial charge in [-0.1, -0.05) is 6.07 Å². The van der Waals surface area contributed by atoms with Gasteiger partial charge < -0.3 is 26.2 Å². The average Bonchev–Trinajstić information content (AvgIpc) is 3.19. The van der Waals surface area contributed by atoms with Crippen molar-refractivity contribution in [2.24, 2.45) is 20.5 Å². The highest BCUT2D eigenvalue weighted by Crippen LogP contribution is 2.46. The van der Waals surface area contributed by atoms with Gasteiger partial charge in [0.05, 0.1) is 22.9 Å². The number of alkyl halides is 1. The zero-order valence-electron chi connectivity index (χ0n) is 33.7. The Hall–Kier alpha value is -6.08. The molecule has 8 N–H and O–H groups in total. The molecule has 1 amide bonds. The first-order valence-electron chi connectivity index (χ1n) is 18.1. The summed E-state index contributed by atoms with van der Waals surface area (Å²) >= 11 is 9.75.